The summed E-state index contributed by atoms with van der Waals surface area (Å²) in [6.45, 7) is 5.94. The van der Waals surface area contributed by atoms with E-state index >= 15 is 0 Å². The second-order valence-corrected chi connectivity index (χ2v) is 9.16. The fourth-order valence-corrected chi connectivity index (χ4v) is 4.75. The molecule has 3 N–H and O–H groups in total. The molecule has 6 heteroatoms. The van der Waals surface area contributed by atoms with Gasteiger partial charge in [0.2, 0.25) is 5.91 Å². The average molecular weight is 445 g/mol. The molecule has 0 fully saturated rings. The van der Waals surface area contributed by atoms with Gasteiger partial charge in [0.25, 0.3) is 0 Å². The van der Waals surface area contributed by atoms with E-state index in [4.69, 9.17) is 0 Å². The summed E-state index contributed by atoms with van der Waals surface area (Å²) >= 11 is 0. The molecule has 0 aliphatic heterocycles. The summed E-state index contributed by atoms with van der Waals surface area (Å²) in [6.07, 6.45) is 4.36. The summed E-state index contributed by atoms with van der Waals surface area (Å²) < 4.78 is 27.2. The number of hydrogen-bond acceptors (Lipinski definition) is 3. The van der Waals surface area contributed by atoms with E-state index in [2.05, 4.69) is 42.7 Å². The SMILES string of the molecule is CCCc1ccc2c(c1)C(C)(NCC(O)C(Cc1cc(F)cc(F)c1)NC(C)=O)CCC2. The number of carbonyl (C=O) groups excluding carboxylic acids is 1. The maximum absolute atomic E-state index is 13.6. The van der Waals surface area contributed by atoms with Crippen molar-refractivity contribution in [3.8, 4) is 0 Å². The molecule has 0 radical (unpaired) electrons. The molecule has 2 aromatic rings. The number of aliphatic hydroxyl groups is 1. The zero-order valence-corrected chi connectivity index (χ0v) is 19.2. The normalized spacial score (nSPS) is 19.8. The Labute approximate surface area is 189 Å². The van der Waals surface area contributed by atoms with Gasteiger partial charge in [-0.2, -0.15) is 0 Å². The highest BCUT2D eigenvalue weighted by Gasteiger charge is 2.33. The molecule has 1 aliphatic rings. The first-order valence-corrected chi connectivity index (χ1v) is 11.5. The Morgan fingerprint density at radius 3 is 2.53 bits per heavy atom. The number of halogens is 2. The van der Waals surface area contributed by atoms with Gasteiger partial charge in [-0.15, -0.1) is 0 Å². The molecule has 1 aliphatic carbocycles. The molecular weight excluding hydrogens is 410 g/mol. The van der Waals surface area contributed by atoms with E-state index in [9.17, 15) is 18.7 Å². The van der Waals surface area contributed by atoms with Crippen LogP contribution >= 0.6 is 0 Å². The van der Waals surface area contributed by atoms with E-state index in [0.717, 1.165) is 38.2 Å². The Balaban J connectivity index is 1.75. The minimum Gasteiger partial charge on any atom is -0.390 e. The van der Waals surface area contributed by atoms with Gasteiger partial charge in [-0.05, 0) is 73.4 Å². The lowest BCUT2D eigenvalue weighted by molar-refractivity contribution is -0.120. The van der Waals surface area contributed by atoms with Gasteiger partial charge in [-0.3, -0.25) is 4.79 Å². The number of aliphatic hydroxyl groups excluding tert-OH is 1. The zero-order chi connectivity index (χ0) is 23.3. The Hall–Kier alpha value is -2.31. The van der Waals surface area contributed by atoms with Crippen LogP contribution in [0.15, 0.2) is 36.4 Å². The van der Waals surface area contributed by atoms with Gasteiger partial charge in [-0.25, -0.2) is 8.78 Å². The largest absolute Gasteiger partial charge is 0.390 e. The summed E-state index contributed by atoms with van der Waals surface area (Å²) in [6, 6.07) is 9.29. The smallest absolute Gasteiger partial charge is 0.217 e. The Morgan fingerprint density at radius 2 is 1.88 bits per heavy atom. The molecule has 174 valence electrons. The molecule has 32 heavy (non-hydrogen) atoms. The Morgan fingerprint density at radius 1 is 1.16 bits per heavy atom. The van der Waals surface area contributed by atoms with Crippen LogP contribution in [0.25, 0.3) is 0 Å². The van der Waals surface area contributed by atoms with Crippen LogP contribution in [0.4, 0.5) is 8.78 Å². The predicted octanol–water partition coefficient (Wildman–Crippen LogP) is 4.17. The molecule has 1 amide bonds. The van der Waals surface area contributed by atoms with E-state index in [1.54, 1.807) is 0 Å². The predicted molar refractivity (Wildman–Crippen MR) is 122 cm³/mol. The first kappa shape index (κ1) is 24.3. The monoisotopic (exact) mass is 444 g/mol. The summed E-state index contributed by atoms with van der Waals surface area (Å²) in [5, 5.41) is 17.2. The van der Waals surface area contributed by atoms with E-state index in [1.165, 1.54) is 35.7 Å². The minimum atomic E-state index is -0.925. The van der Waals surface area contributed by atoms with Crippen molar-refractivity contribution in [3.05, 3.63) is 70.3 Å². The number of benzene rings is 2. The van der Waals surface area contributed by atoms with Gasteiger partial charge >= 0.3 is 0 Å². The molecule has 0 aromatic heterocycles. The third-order valence-electron chi connectivity index (χ3n) is 6.36. The lowest BCUT2D eigenvalue weighted by atomic mass is 9.76. The van der Waals surface area contributed by atoms with E-state index < -0.39 is 23.8 Å². The van der Waals surface area contributed by atoms with Crippen LogP contribution in [-0.4, -0.2) is 29.7 Å². The molecule has 4 nitrogen and oxygen atoms in total. The van der Waals surface area contributed by atoms with Gasteiger partial charge in [0, 0.05) is 25.1 Å². The van der Waals surface area contributed by atoms with Crippen LogP contribution < -0.4 is 10.6 Å². The van der Waals surface area contributed by atoms with E-state index in [1.807, 2.05) is 0 Å². The van der Waals surface area contributed by atoms with Crippen molar-refractivity contribution in [1.29, 1.82) is 0 Å². The third kappa shape index (κ3) is 6.14. The molecule has 0 saturated carbocycles. The van der Waals surface area contributed by atoms with Crippen LogP contribution in [-0.2, 0) is 29.6 Å². The summed E-state index contributed by atoms with van der Waals surface area (Å²) in [4.78, 5) is 11.7. The fourth-order valence-electron chi connectivity index (χ4n) is 4.75. The molecule has 3 rings (SSSR count). The topological polar surface area (TPSA) is 61.4 Å². The quantitative estimate of drug-likeness (QED) is 0.544. The van der Waals surface area contributed by atoms with Crippen LogP contribution in [0.2, 0.25) is 0 Å². The molecule has 2 aromatic carbocycles. The van der Waals surface area contributed by atoms with E-state index in [-0.39, 0.29) is 24.4 Å². The average Bonchev–Trinajstić information content (AvgIpc) is 2.71. The van der Waals surface area contributed by atoms with E-state index in [0.29, 0.717) is 5.56 Å². The van der Waals surface area contributed by atoms with Crippen molar-refractivity contribution < 1.29 is 18.7 Å². The lowest BCUT2D eigenvalue weighted by Gasteiger charge is -2.39. The summed E-state index contributed by atoms with van der Waals surface area (Å²) in [5.41, 5.74) is 4.01. The highest BCUT2D eigenvalue weighted by atomic mass is 19.1. The molecule has 3 atom stereocenters. The fraction of sp³-hybridized carbons (Fsp3) is 0.500. The van der Waals surface area contributed by atoms with Gasteiger partial charge in [0.05, 0.1) is 12.1 Å². The highest BCUT2D eigenvalue weighted by Crippen LogP contribution is 2.36. The maximum atomic E-state index is 13.6. The summed E-state index contributed by atoms with van der Waals surface area (Å²) in [7, 11) is 0. The minimum absolute atomic E-state index is 0.130. The van der Waals surface area contributed by atoms with Crippen molar-refractivity contribution in [3.63, 3.8) is 0 Å². The number of amides is 1. The van der Waals surface area contributed by atoms with Gasteiger partial charge in [-0.1, -0.05) is 31.5 Å². The van der Waals surface area contributed by atoms with Crippen molar-refractivity contribution >= 4 is 5.91 Å². The van der Waals surface area contributed by atoms with Gasteiger partial charge in [0.1, 0.15) is 11.6 Å². The van der Waals surface area contributed by atoms with Crippen molar-refractivity contribution in [1.82, 2.24) is 10.6 Å². The van der Waals surface area contributed by atoms with Crippen molar-refractivity contribution in [2.24, 2.45) is 0 Å². The Bertz CT molecular complexity index is 929. The maximum Gasteiger partial charge on any atom is 0.217 e. The molecule has 0 heterocycles. The van der Waals surface area contributed by atoms with Crippen LogP contribution in [0, 0.1) is 11.6 Å². The summed E-state index contributed by atoms with van der Waals surface area (Å²) in [5.74, 6) is -1.66. The third-order valence-corrected chi connectivity index (χ3v) is 6.36. The van der Waals surface area contributed by atoms with Crippen LogP contribution in [0.1, 0.15) is 62.3 Å². The number of fused-ring (bicyclic) bond motifs is 1. The Kier molecular flexibility index (Phi) is 8.01. The molecule has 0 bridgehead atoms. The highest BCUT2D eigenvalue weighted by molar-refractivity contribution is 5.73. The van der Waals surface area contributed by atoms with Crippen LogP contribution in [0.3, 0.4) is 0 Å². The number of nitrogens with one attached hydrogen (secondary N) is 2. The standard InChI is InChI=1S/C26H34F2N2O2/c1-4-6-18-8-9-20-7-5-10-26(3,23(20)13-18)29-16-25(32)24(30-17(2)31)14-19-11-21(27)15-22(28)12-19/h8-9,11-13,15,24-25,29,32H,4-7,10,14,16H2,1-3H3,(H,30,31). The first-order chi connectivity index (χ1) is 15.2. The van der Waals surface area contributed by atoms with Gasteiger partial charge in [0.15, 0.2) is 0 Å². The van der Waals surface area contributed by atoms with Crippen LogP contribution in [0.5, 0.6) is 0 Å². The number of aryl methyl sites for hydroxylation is 2. The number of hydrogen-bond donors (Lipinski definition) is 3. The second kappa shape index (κ2) is 10.5. The second-order valence-electron chi connectivity index (χ2n) is 9.16. The lowest BCUT2D eigenvalue weighted by Crippen LogP contribution is -2.52. The first-order valence-electron chi connectivity index (χ1n) is 11.5. The molecule has 0 spiro atoms. The number of rotatable bonds is 9. The van der Waals surface area contributed by atoms with Crippen molar-refractivity contribution in [2.75, 3.05) is 6.54 Å². The molecule has 0 saturated heterocycles. The molecule has 3 unspecified atom stereocenters. The molecular formula is C26H34F2N2O2. The van der Waals surface area contributed by atoms with Gasteiger partial charge < -0.3 is 15.7 Å². The zero-order valence-electron chi connectivity index (χ0n) is 19.2. The number of carbonyl (C=O) groups is 1. The van der Waals surface area contributed by atoms with Crippen molar-refractivity contribution in [2.45, 2.75) is 77.0 Å².